The van der Waals surface area contributed by atoms with Crippen LogP contribution in [0, 0.1) is 5.92 Å². The van der Waals surface area contributed by atoms with E-state index in [-0.39, 0.29) is 18.7 Å². The van der Waals surface area contributed by atoms with Crippen LogP contribution in [-0.2, 0) is 27.4 Å². The summed E-state index contributed by atoms with van der Waals surface area (Å²) >= 11 is 0. The summed E-state index contributed by atoms with van der Waals surface area (Å²) in [4.78, 5) is 16.9. The highest BCUT2D eigenvalue weighted by Gasteiger charge is 2.43. The van der Waals surface area contributed by atoms with Gasteiger partial charge in [0.15, 0.2) is 0 Å². The van der Waals surface area contributed by atoms with Gasteiger partial charge in [0, 0.05) is 26.5 Å². The molecule has 4 N–H and O–H groups in total. The Hall–Kier alpha value is -2.02. The van der Waals surface area contributed by atoms with Gasteiger partial charge in [-0.3, -0.25) is 9.79 Å². The molecule has 33 heavy (non-hydrogen) atoms. The van der Waals surface area contributed by atoms with E-state index >= 15 is 0 Å². The highest BCUT2D eigenvalue weighted by Crippen LogP contribution is 2.27. The third-order valence-corrected chi connectivity index (χ3v) is 6.24. The van der Waals surface area contributed by atoms with Crippen LogP contribution in [0.15, 0.2) is 23.0 Å². The molecule has 2 aliphatic heterocycles. The minimum atomic E-state index is -1.43. The van der Waals surface area contributed by atoms with Crippen molar-refractivity contribution in [3.8, 4) is 0 Å². The molecule has 184 valence electrons. The van der Waals surface area contributed by atoms with Crippen LogP contribution in [0.1, 0.15) is 46.6 Å². The van der Waals surface area contributed by atoms with Crippen LogP contribution >= 0.6 is 0 Å². The first-order valence-corrected chi connectivity index (χ1v) is 11.0. The maximum absolute atomic E-state index is 12.6. The highest BCUT2D eigenvalue weighted by molar-refractivity contribution is 6.02. The lowest BCUT2D eigenvalue weighted by Gasteiger charge is -2.40. The molecule has 11 heteroatoms. The third kappa shape index (κ3) is 6.11. The molecule has 3 aliphatic rings. The molecule has 1 aromatic heterocycles. The molecular formula is C22H34N4O7. The van der Waals surface area contributed by atoms with Crippen LogP contribution in [0.3, 0.4) is 0 Å². The monoisotopic (exact) mass is 467 g/mol. The summed E-state index contributed by atoms with van der Waals surface area (Å²) in [6.07, 6.45) is 1.71. The Morgan fingerprint density at radius 3 is 2.70 bits per heavy atom. The van der Waals surface area contributed by atoms with Crippen molar-refractivity contribution in [2.45, 2.75) is 83.2 Å². The maximum atomic E-state index is 12.6. The van der Waals surface area contributed by atoms with E-state index in [1.165, 1.54) is 31.3 Å². The molecule has 1 saturated heterocycles. The lowest BCUT2D eigenvalue weighted by Crippen LogP contribution is -2.58. The number of nitrogens with zero attached hydrogens (tertiary/aromatic N) is 4. The number of carbonyl (C=O) groups excluding carboxylic acids is 1. The summed E-state index contributed by atoms with van der Waals surface area (Å²) in [6.45, 7) is 0.610. The van der Waals surface area contributed by atoms with E-state index in [0.717, 1.165) is 6.61 Å². The van der Waals surface area contributed by atoms with Crippen LogP contribution in [0.5, 0.6) is 0 Å². The van der Waals surface area contributed by atoms with Crippen LogP contribution in [0.4, 0.5) is 0 Å². The number of ketones is 1. The van der Waals surface area contributed by atoms with Gasteiger partial charge in [0.1, 0.15) is 42.4 Å². The average molecular weight is 468 g/mol. The van der Waals surface area contributed by atoms with Gasteiger partial charge in [-0.1, -0.05) is 19.0 Å². The number of hydrogen-bond acceptors (Lipinski definition) is 10. The van der Waals surface area contributed by atoms with Crippen LogP contribution in [0.2, 0.25) is 0 Å². The fraction of sp³-hybridized carbons (Fsp3) is 0.727. The Bertz CT molecular complexity index is 871. The SMILES string of the molecule is O=C(Cn1cc(COCC2CCC2)nn1)C1=CCC(CC2OC(CO)C(O)C(O)C2O)=N1.[2H]C. The summed E-state index contributed by atoms with van der Waals surface area (Å²) < 4.78 is 18.4. The Kier molecular flexibility index (Phi) is 8.34. The topological polar surface area (TPSA) is 160 Å². The maximum Gasteiger partial charge on any atom is 0.202 e. The van der Waals surface area contributed by atoms with Crippen LogP contribution in [-0.4, -0.2) is 90.6 Å². The Morgan fingerprint density at radius 1 is 1.24 bits per heavy atom. The van der Waals surface area contributed by atoms with Gasteiger partial charge in [-0.25, -0.2) is 4.68 Å². The minimum absolute atomic E-state index is 0.00170. The Balaban J connectivity index is 0.00000158. The van der Waals surface area contributed by atoms with E-state index in [0.29, 0.717) is 36.0 Å². The number of hydrogen-bond donors (Lipinski definition) is 4. The number of allylic oxidation sites excluding steroid dienone is 2. The quantitative estimate of drug-likeness (QED) is 0.364. The number of rotatable bonds is 10. The zero-order valence-corrected chi connectivity index (χ0v) is 18.8. The van der Waals surface area contributed by atoms with Crippen molar-refractivity contribution in [1.29, 1.82) is 0 Å². The number of aromatic nitrogens is 3. The van der Waals surface area contributed by atoms with Gasteiger partial charge >= 0.3 is 0 Å². The molecule has 1 aliphatic carbocycles. The van der Waals surface area contributed by atoms with Gasteiger partial charge in [0.25, 0.3) is 0 Å². The summed E-state index contributed by atoms with van der Waals surface area (Å²) in [5, 5.41) is 47.3. The predicted octanol–water partition coefficient (Wildman–Crippen LogP) is -0.239. The number of Topliss-reactive ketones (excluding diaryl/α,β-unsaturated/α-hetero) is 1. The number of aliphatic imine (C=N–C) groups is 1. The van der Waals surface area contributed by atoms with Crippen molar-refractivity contribution in [2.24, 2.45) is 10.9 Å². The zero-order valence-electron chi connectivity index (χ0n) is 19.8. The number of ether oxygens (including phenoxy) is 2. The fourth-order valence-corrected chi connectivity index (χ4v) is 4.06. The van der Waals surface area contributed by atoms with E-state index < -0.39 is 37.1 Å². The van der Waals surface area contributed by atoms with Crippen molar-refractivity contribution >= 4 is 11.5 Å². The average Bonchev–Trinajstić information content (AvgIpc) is 3.47. The van der Waals surface area contributed by atoms with E-state index in [1.807, 2.05) is 0 Å². The molecule has 11 nitrogen and oxygen atoms in total. The molecule has 1 aromatic rings. The number of aliphatic hydroxyl groups excluding tert-OH is 4. The molecular weight excluding hydrogens is 432 g/mol. The van der Waals surface area contributed by atoms with E-state index in [1.54, 1.807) is 12.3 Å². The van der Waals surface area contributed by atoms with Crippen molar-refractivity contribution in [2.75, 3.05) is 13.2 Å². The first-order chi connectivity index (χ1) is 16.4. The number of aliphatic hydroxyl groups is 4. The van der Waals surface area contributed by atoms with Crippen molar-refractivity contribution < 1.29 is 36.1 Å². The highest BCUT2D eigenvalue weighted by atomic mass is 16.5. The van der Waals surface area contributed by atoms with E-state index in [9.17, 15) is 25.2 Å². The summed E-state index contributed by atoms with van der Waals surface area (Å²) in [6, 6.07) is 0. The molecule has 0 bridgehead atoms. The lowest BCUT2D eigenvalue weighted by atomic mass is 9.86. The minimum Gasteiger partial charge on any atom is -0.394 e. The standard InChI is InChI=1S/C21H30N4O7.CH4/c26-9-18-20(29)21(30)19(28)17(32-18)6-13-4-5-15(22-13)16(27)8-25-7-14(23-24-25)11-31-10-12-2-1-3-12;/h5,7,12,17-21,26,28-30H,1-4,6,8-11H2;1H4/i;1D. The molecule has 4 rings (SSSR count). The summed E-state index contributed by atoms with van der Waals surface area (Å²) in [7, 11) is 1.25. The second-order valence-electron chi connectivity index (χ2n) is 8.69. The largest absolute Gasteiger partial charge is 0.394 e. The van der Waals surface area contributed by atoms with Crippen molar-refractivity contribution in [3.63, 3.8) is 0 Å². The zero-order chi connectivity index (χ0) is 24.7. The van der Waals surface area contributed by atoms with Crippen molar-refractivity contribution in [3.05, 3.63) is 23.7 Å². The first-order valence-electron chi connectivity index (χ1n) is 12.0. The second kappa shape index (κ2) is 11.4. The van der Waals surface area contributed by atoms with Gasteiger partial charge in [-0.15, -0.1) is 5.10 Å². The predicted molar refractivity (Wildman–Crippen MR) is 117 cm³/mol. The summed E-state index contributed by atoms with van der Waals surface area (Å²) in [5.41, 5.74) is 1.58. The molecule has 1 saturated carbocycles. The third-order valence-electron chi connectivity index (χ3n) is 6.24. The second-order valence-corrected chi connectivity index (χ2v) is 8.69. The van der Waals surface area contributed by atoms with Gasteiger partial charge in [-0.05, 0) is 24.8 Å². The van der Waals surface area contributed by atoms with Crippen LogP contribution < -0.4 is 0 Å². The Morgan fingerprint density at radius 2 is 2.00 bits per heavy atom. The lowest BCUT2D eigenvalue weighted by molar-refractivity contribution is -0.227. The molecule has 5 unspecified atom stereocenters. The van der Waals surface area contributed by atoms with Gasteiger partial charge in [0.05, 0.1) is 25.5 Å². The molecule has 2 fully saturated rings. The molecule has 0 radical (unpaired) electrons. The summed E-state index contributed by atoms with van der Waals surface area (Å²) in [5.74, 6) is 0.427. The normalized spacial score (nSPS) is 30.0. The van der Waals surface area contributed by atoms with Gasteiger partial charge in [0.2, 0.25) is 5.78 Å². The van der Waals surface area contributed by atoms with Crippen molar-refractivity contribution in [1.82, 2.24) is 15.0 Å². The molecule has 0 aromatic carbocycles. The van der Waals surface area contributed by atoms with Gasteiger partial charge < -0.3 is 29.9 Å². The fourth-order valence-electron chi connectivity index (χ4n) is 4.06. The van der Waals surface area contributed by atoms with Crippen LogP contribution in [0.25, 0.3) is 0 Å². The molecule has 3 heterocycles. The molecule has 5 atom stereocenters. The van der Waals surface area contributed by atoms with E-state index in [2.05, 4.69) is 15.3 Å². The molecule has 0 spiro atoms. The molecule has 0 amide bonds. The van der Waals surface area contributed by atoms with E-state index in [4.69, 9.17) is 10.8 Å². The van der Waals surface area contributed by atoms with Gasteiger partial charge in [-0.2, -0.15) is 0 Å². The Labute approximate surface area is 194 Å². The number of carbonyl (C=O) groups is 1. The smallest absolute Gasteiger partial charge is 0.202 e. The first kappa shape index (κ1) is 24.1.